The lowest BCUT2D eigenvalue weighted by Crippen LogP contribution is -2.36. The van der Waals surface area contributed by atoms with Gasteiger partial charge in [-0.3, -0.25) is 9.48 Å². The molecule has 8 heteroatoms. The zero-order chi connectivity index (χ0) is 24.2. The zero-order valence-electron chi connectivity index (χ0n) is 19.6. The Kier molecular flexibility index (Phi) is 7.22. The highest BCUT2D eigenvalue weighted by molar-refractivity contribution is 6.31. The van der Waals surface area contributed by atoms with Crippen molar-refractivity contribution in [3.8, 4) is 5.75 Å². The van der Waals surface area contributed by atoms with E-state index in [4.69, 9.17) is 21.1 Å². The Morgan fingerprint density at radius 3 is 2.47 bits per heavy atom. The molecule has 1 aliphatic rings. The molecular formula is C26H28ClN3O4. The highest BCUT2D eigenvalue weighted by atomic mass is 35.5. The Morgan fingerprint density at radius 1 is 1.12 bits per heavy atom. The lowest BCUT2D eigenvalue weighted by Gasteiger charge is -2.22. The van der Waals surface area contributed by atoms with E-state index in [-0.39, 0.29) is 18.6 Å². The van der Waals surface area contributed by atoms with Gasteiger partial charge in [0.25, 0.3) is 5.91 Å². The summed E-state index contributed by atoms with van der Waals surface area (Å²) >= 11 is 6.27. The van der Waals surface area contributed by atoms with Crippen molar-refractivity contribution in [2.24, 2.45) is 0 Å². The number of methoxy groups -OCH3 is 1. The Bertz CT molecular complexity index is 1190. The third kappa shape index (κ3) is 5.42. The molecule has 0 atom stereocenters. The van der Waals surface area contributed by atoms with Gasteiger partial charge in [0.1, 0.15) is 11.3 Å². The lowest BCUT2D eigenvalue weighted by atomic mass is 10.2. The molecule has 4 rings (SSSR count). The Hall–Kier alpha value is -3.32. The molecule has 0 bridgehead atoms. The van der Waals surface area contributed by atoms with Crippen LogP contribution in [0.3, 0.4) is 0 Å². The molecule has 3 aromatic rings. The molecule has 0 radical (unpaired) electrons. The number of carbonyl (C=O) groups excluding carboxylic acids is 2. The second-order valence-corrected chi connectivity index (χ2v) is 8.88. The van der Waals surface area contributed by atoms with Crippen molar-refractivity contribution >= 4 is 23.5 Å². The number of esters is 1. The van der Waals surface area contributed by atoms with Crippen molar-refractivity contribution < 1.29 is 19.1 Å². The lowest BCUT2D eigenvalue weighted by molar-refractivity contribution is -0.135. The van der Waals surface area contributed by atoms with Crippen LogP contribution in [0.1, 0.15) is 45.7 Å². The molecule has 1 amide bonds. The zero-order valence-corrected chi connectivity index (χ0v) is 20.3. The molecular weight excluding hydrogens is 454 g/mol. The molecule has 1 saturated carbocycles. The number of aryl methyl sites for hydroxylation is 1. The molecule has 1 fully saturated rings. The minimum absolute atomic E-state index is 0.190. The smallest absolute Gasteiger partial charge is 0.342 e. The first-order valence-electron chi connectivity index (χ1n) is 11.2. The number of benzene rings is 2. The van der Waals surface area contributed by atoms with Crippen LogP contribution in [0.15, 0.2) is 48.5 Å². The number of hydrogen-bond acceptors (Lipinski definition) is 5. The molecule has 0 N–H and O–H groups in total. The maximum Gasteiger partial charge on any atom is 0.342 e. The third-order valence-corrected chi connectivity index (χ3v) is 6.38. The van der Waals surface area contributed by atoms with E-state index in [2.05, 4.69) is 5.10 Å². The van der Waals surface area contributed by atoms with Crippen LogP contribution in [0, 0.1) is 13.8 Å². The number of hydrogen-bond donors (Lipinski definition) is 0. The fraction of sp³-hybridized carbons (Fsp3) is 0.346. The fourth-order valence-corrected chi connectivity index (χ4v) is 4.15. The number of rotatable bonds is 9. The fourth-order valence-electron chi connectivity index (χ4n) is 3.95. The topological polar surface area (TPSA) is 73.7 Å². The molecule has 1 aromatic heterocycles. The van der Waals surface area contributed by atoms with Gasteiger partial charge < -0.3 is 14.4 Å². The van der Waals surface area contributed by atoms with Crippen molar-refractivity contribution in [1.82, 2.24) is 14.7 Å². The van der Waals surface area contributed by atoms with Gasteiger partial charge in [0.15, 0.2) is 6.61 Å². The summed E-state index contributed by atoms with van der Waals surface area (Å²) in [4.78, 5) is 27.6. The average molecular weight is 482 g/mol. The second-order valence-electron chi connectivity index (χ2n) is 8.47. The van der Waals surface area contributed by atoms with E-state index in [1.807, 2.05) is 55.5 Å². The highest BCUT2D eigenvalue weighted by Crippen LogP contribution is 2.29. The van der Waals surface area contributed by atoms with Crippen molar-refractivity contribution in [2.45, 2.75) is 45.8 Å². The number of amides is 1. The summed E-state index contributed by atoms with van der Waals surface area (Å²) in [7, 11) is 1.62. The number of nitrogens with zero attached hydrogens (tertiary/aromatic N) is 3. The highest BCUT2D eigenvalue weighted by Gasteiger charge is 2.33. The van der Waals surface area contributed by atoms with Gasteiger partial charge in [-0.25, -0.2) is 4.79 Å². The molecule has 0 unspecified atom stereocenters. The summed E-state index contributed by atoms with van der Waals surface area (Å²) < 4.78 is 12.4. The van der Waals surface area contributed by atoms with Gasteiger partial charge in [0, 0.05) is 17.6 Å². The molecule has 0 saturated heterocycles. The van der Waals surface area contributed by atoms with Gasteiger partial charge in [0.05, 0.1) is 25.0 Å². The summed E-state index contributed by atoms with van der Waals surface area (Å²) in [5, 5.41) is 5.13. The van der Waals surface area contributed by atoms with E-state index in [9.17, 15) is 9.59 Å². The SMILES string of the molecule is COc1ccc(CN(C(=O)COC(=O)c2c(C)nn(Cc3ccccc3Cl)c2C)C2CC2)cc1. The largest absolute Gasteiger partial charge is 0.497 e. The predicted molar refractivity (Wildman–Crippen MR) is 129 cm³/mol. The van der Waals surface area contributed by atoms with Gasteiger partial charge in [-0.15, -0.1) is 0 Å². The Morgan fingerprint density at radius 2 is 1.82 bits per heavy atom. The maximum atomic E-state index is 12.9. The van der Waals surface area contributed by atoms with Crippen molar-refractivity contribution in [3.05, 3.63) is 81.6 Å². The first kappa shape index (κ1) is 23.8. The average Bonchev–Trinajstić information content (AvgIpc) is 3.63. The quantitative estimate of drug-likeness (QED) is 0.419. The normalized spacial score (nSPS) is 12.9. The maximum absolute atomic E-state index is 12.9. The van der Waals surface area contributed by atoms with Crippen LogP contribution in [-0.2, 0) is 22.6 Å². The molecule has 2 aromatic carbocycles. The molecule has 34 heavy (non-hydrogen) atoms. The summed E-state index contributed by atoms with van der Waals surface area (Å²) in [6, 6.07) is 15.3. The van der Waals surface area contributed by atoms with E-state index in [0.717, 1.165) is 29.7 Å². The number of ether oxygens (including phenoxy) is 2. The number of halogens is 1. The van der Waals surface area contributed by atoms with E-state index < -0.39 is 5.97 Å². The summed E-state index contributed by atoms with van der Waals surface area (Å²) in [6.45, 7) is 4.18. The minimum atomic E-state index is -0.547. The van der Waals surface area contributed by atoms with Crippen molar-refractivity contribution in [3.63, 3.8) is 0 Å². The molecule has 0 aliphatic heterocycles. The van der Waals surface area contributed by atoms with Gasteiger partial charge >= 0.3 is 5.97 Å². The molecule has 178 valence electrons. The Balaban J connectivity index is 1.40. The van der Waals surface area contributed by atoms with Gasteiger partial charge in [-0.1, -0.05) is 41.9 Å². The van der Waals surface area contributed by atoms with Gasteiger partial charge in [-0.05, 0) is 56.0 Å². The standard InChI is InChI=1S/C26H28ClN3O4/c1-17-25(18(2)30(28-17)15-20-6-4-5-7-23(20)27)26(32)34-16-24(31)29(21-10-11-21)14-19-8-12-22(33-3)13-9-19/h4-9,12-13,21H,10-11,14-16H2,1-3H3. The van der Waals surface area contributed by atoms with Crippen LogP contribution in [0.5, 0.6) is 5.75 Å². The monoisotopic (exact) mass is 481 g/mol. The minimum Gasteiger partial charge on any atom is -0.497 e. The molecule has 1 heterocycles. The summed E-state index contributed by atoms with van der Waals surface area (Å²) in [5.41, 5.74) is 3.52. The van der Waals surface area contributed by atoms with E-state index in [1.165, 1.54) is 0 Å². The number of carbonyl (C=O) groups is 2. The third-order valence-electron chi connectivity index (χ3n) is 6.01. The van der Waals surface area contributed by atoms with Crippen molar-refractivity contribution in [2.75, 3.05) is 13.7 Å². The second kappa shape index (κ2) is 10.3. The van der Waals surface area contributed by atoms with Crippen LogP contribution >= 0.6 is 11.6 Å². The first-order valence-corrected chi connectivity index (χ1v) is 11.6. The predicted octanol–water partition coefficient (Wildman–Crippen LogP) is 4.56. The molecule has 0 spiro atoms. The van der Waals surface area contributed by atoms with E-state index in [1.54, 1.807) is 23.6 Å². The first-order chi connectivity index (χ1) is 16.4. The van der Waals surface area contributed by atoms with Crippen molar-refractivity contribution in [1.29, 1.82) is 0 Å². The van der Waals surface area contributed by atoms with Crippen LogP contribution in [0.2, 0.25) is 5.02 Å². The van der Waals surface area contributed by atoms with Gasteiger partial charge in [0.2, 0.25) is 0 Å². The van der Waals surface area contributed by atoms with Gasteiger partial charge in [-0.2, -0.15) is 5.10 Å². The Labute approximate surface area is 204 Å². The van der Waals surface area contributed by atoms with Crippen LogP contribution < -0.4 is 4.74 Å². The van der Waals surface area contributed by atoms with Crippen LogP contribution in [-0.4, -0.2) is 46.3 Å². The van der Waals surface area contributed by atoms with Crippen LogP contribution in [0.4, 0.5) is 0 Å². The van der Waals surface area contributed by atoms with E-state index >= 15 is 0 Å². The summed E-state index contributed by atoms with van der Waals surface area (Å²) in [6.07, 6.45) is 1.92. The molecule has 1 aliphatic carbocycles. The van der Waals surface area contributed by atoms with E-state index in [0.29, 0.717) is 35.1 Å². The number of aromatic nitrogens is 2. The summed E-state index contributed by atoms with van der Waals surface area (Å²) in [5.74, 6) is 0.0159. The molecule has 7 nitrogen and oxygen atoms in total. The van der Waals surface area contributed by atoms with Crippen LogP contribution in [0.25, 0.3) is 0 Å².